The molecule has 146 valence electrons. The third kappa shape index (κ3) is 4.19. The van der Waals surface area contributed by atoms with E-state index in [1.807, 2.05) is 6.92 Å². The average Bonchev–Trinajstić information content (AvgIpc) is 2.69. The predicted molar refractivity (Wildman–Crippen MR) is 103 cm³/mol. The molecule has 0 spiro atoms. The molecule has 1 saturated heterocycles. The van der Waals surface area contributed by atoms with E-state index in [-0.39, 0.29) is 11.7 Å². The Morgan fingerprint density at radius 2 is 1.68 bits per heavy atom. The van der Waals surface area contributed by atoms with Gasteiger partial charge in [0.1, 0.15) is 5.82 Å². The Labute approximate surface area is 162 Å². The van der Waals surface area contributed by atoms with Gasteiger partial charge in [-0.05, 0) is 55.3 Å². The maximum atomic E-state index is 13.3. The van der Waals surface area contributed by atoms with E-state index in [1.54, 1.807) is 37.3 Å². The van der Waals surface area contributed by atoms with Crippen molar-refractivity contribution in [3.05, 3.63) is 65.0 Å². The zero-order valence-electron chi connectivity index (χ0n) is 15.9. The minimum absolute atomic E-state index is 0.305. The van der Waals surface area contributed by atoms with Crippen molar-refractivity contribution in [2.75, 3.05) is 25.0 Å². The normalized spacial score (nSPS) is 14.4. The van der Waals surface area contributed by atoms with Crippen LogP contribution in [0.2, 0.25) is 0 Å². The molecule has 1 heterocycles. The Morgan fingerprint density at radius 1 is 1.04 bits per heavy atom. The van der Waals surface area contributed by atoms with Crippen LogP contribution in [0.25, 0.3) is 0 Å². The van der Waals surface area contributed by atoms with Crippen LogP contribution in [-0.2, 0) is 16.1 Å². The second kappa shape index (κ2) is 8.21. The Balaban J connectivity index is 1.63. The number of halogens is 1. The van der Waals surface area contributed by atoms with Crippen LogP contribution in [0, 0.1) is 12.7 Å². The molecule has 0 radical (unpaired) electrons. The van der Waals surface area contributed by atoms with Gasteiger partial charge in [-0.15, -0.1) is 0 Å². The third-order valence-electron chi connectivity index (χ3n) is 4.78. The summed E-state index contributed by atoms with van der Waals surface area (Å²) in [7, 11) is 0. The third-order valence-corrected chi connectivity index (χ3v) is 4.78. The van der Waals surface area contributed by atoms with Crippen molar-refractivity contribution in [3.63, 3.8) is 0 Å². The number of rotatable bonds is 5. The second-order valence-corrected chi connectivity index (χ2v) is 6.73. The molecule has 0 bridgehead atoms. The lowest BCUT2D eigenvalue weighted by atomic mass is 10.1. The van der Waals surface area contributed by atoms with Crippen LogP contribution in [0.5, 0.6) is 0 Å². The maximum Gasteiger partial charge on any atom is 0.312 e. The van der Waals surface area contributed by atoms with Gasteiger partial charge in [-0.3, -0.25) is 14.4 Å². The standard InChI is InChI=1S/C21H22FN3O3/c1-3-24-10-11-25(21(28)20(24)27)13-15-4-6-16(7-5-15)19(26)23-17-8-9-18(22)14(2)12-17/h4-9,12H,3,10-11,13H2,1-2H3,(H,23,26). The van der Waals surface area contributed by atoms with E-state index in [2.05, 4.69) is 5.32 Å². The summed E-state index contributed by atoms with van der Waals surface area (Å²) in [6.07, 6.45) is 0. The molecule has 3 rings (SSSR count). The molecule has 0 unspecified atom stereocenters. The first-order valence-corrected chi connectivity index (χ1v) is 9.13. The van der Waals surface area contributed by atoms with Crippen LogP contribution in [0.4, 0.5) is 10.1 Å². The smallest absolute Gasteiger partial charge is 0.312 e. The molecule has 0 atom stereocenters. The molecule has 0 saturated carbocycles. The Morgan fingerprint density at radius 3 is 2.32 bits per heavy atom. The minimum atomic E-state index is -0.499. The first-order chi connectivity index (χ1) is 13.4. The molecule has 1 fully saturated rings. The zero-order valence-corrected chi connectivity index (χ0v) is 15.9. The van der Waals surface area contributed by atoms with Gasteiger partial charge in [-0.25, -0.2) is 4.39 Å². The summed E-state index contributed by atoms with van der Waals surface area (Å²) in [5, 5.41) is 2.73. The highest BCUT2D eigenvalue weighted by Crippen LogP contribution is 2.16. The zero-order chi connectivity index (χ0) is 20.3. The molecule has 3 amide bonds. The number of likely N-dealkylation sites (N-methyl/N-ethyl adjacent to an activating group) is 1. The highest BCUT2D eigenvalue weighted by molar-refractivity contribution is 6.35. The number of nitrogens with one attached hydrogen (secondary N) is 1. The molecule has 28 heavy (non-hydrogen) atoms. The number of amides is 3. The summed E-state index contributed by atoms with van der Waals surface area (Å²) < 4.78 is 13.3. The van der Waals surface area contributed by atoms with E-state index in [0.29, 0.717) is 43.0 Å². The molecule has 2 aromatic carbocycles. The van der Waals surface area contributed by atoms with E-state index in [1.165, 1.54) is 21.9 Å². The molecule has 0 aliphatic carbocycles. The van der Waals surface area contributed by atoms with Crippen molar-refractivity contribution in [2.45, 2.75) is 20.4 Å². The van der Waals surface area contributed by atoms with Crippen molar-refractivity contribution in [1.29, 1.82) is 0 Å². The number of anilines is 1. The molecule has 1 aliphatic rings. The number of piperazine rings is 1. The molecule has 2 aromatic rings. The van der Waals surface area contributed by atoms with Gasteiger partial charge in [-0.2, -0.15) is 0 Å². The number of carbonyl (C=O) groups is 3. The Bertz CT molecular complexity index is 912. The number of benzene rings is 2. The van der Waals surface area contributed by atoms with Crippen LogP contribution in [0.15, 0.2) is 42.5 Å². The number of hydrogen-bond donors (Lipinski definition) is 1. The summed E-state index contributed by atoms with van der Waals surface area (Å²) in [6.45, 7) is 5.34. The number of carbonyl (C=O) groups excluding carboxylic acids is 3. The summed E-state index contributed by atoms with van der Waals surface area (Å²) in [4.78, 5) is 39.6. The van der Waals surface area contributed by atoms with Gasteiger partial charge in [-0.1, -0.05) is 12.1 Å². The Hall–Kier alpha value is -3.22. The van der Waals surface area contributed by atoms with Crippen molar-refractivity contribution < 1.29 is 18.8 Å². The summed E-state index contributed by atoms with van der Waals surface area (Å²) >= 11 is 0. The van der Waals surface area contributed by atoms with E-state index in [4.69, 9.17) is 0 Å². The van der Waals surface area contributed by atoms with Crippen molar-refractivity contribution in [2.24, 2.45) is 0 Å². The van der Waals surface area contributed by atoms with Gasteiger partial charge >= 0.3 is 11.8 Å². The maximum absolute atomic E-state index is 13.3. The number of aryl methyl sites for hydroxylation is 1. The molecule has 1 aliphatic heterocycles. The lowest BCUT2D eigenvalue weighted by Gasteiger charge is -2.33. The predicted octanol–water partition coefficient (Wildman–Crippen LogP) is 2.58. The lowest BCUT2D eigenvalue weighted by molar-refractivity contribution is -0.156. The van der Waals surface area contributed by atoms with Gasteiger partial charge in [0.2, 0.25) is 0 Å². The highest BCUT2D eigenvalue weighted by atomic mass is 19.1. The van der Waals surface area contributed by atoms with Crippen molar-refractivity contribution in [1.82, 2.24) is 9.80 Å². The summed E-state index contributed by atoms with van der Waals surface area (Å²) in [6, 6.07) is 11.2. The number of nitrogens with zero attached hydrogens (tertiary/aromatic N) is 2. The quantitative estimate of drug-likeness (QED) is 0.807. The fraction of sp³-hybridized carbons (Fsp3) is 0.286. The fourth-order valence-corrected chi connectivity index (χ4v) is 3.08. The monoisotopic (exact) mass is 383 g/mol. The molecular formula is C21H22FN3O3. The van der Waals surface area contributed by atoms with Crippen LogP contribution in [0.3, 0.4) is 0 Å². The van der Waals surface area contributed by atoms with Gasteiger partial charge in [0.25, 0.3) is 5.91 Å². The van der Waals surface area contributed by atoms with E-state index in [9.17, 15) is 18.8 Å². The van der Waals surface area contributed by atoms with Gasteiger partial charge in [0.05, 0.1) is 0 Å². The first-order valence-electron chi connectivity index (χ1n) is 9.13. The minimum Gasteiger partial charge on any atom is -0.333 e. The van der Waals surface area contributed by atoms with Crippen LogP contribution >= 0.6 is 0 Å². The van der Waals surface area contributed by atoms with Crippen LogP contribution < -0.4 is 5.32 Å². The summed E-state index contributed by atoms with van der Waals surface area (Å²) in [5.74, 6) is -1.60. The van der Waals surface area contributed by atoms with Crippen molar-refractivity contribution >= 4 is 23.4 Å². The topological polar surface area (TPSA) is 69.7 Å². The van der Waals surface area contributed by atoms with Crippen LogP contribution in [-0.4, -0.2) is 47.2 Å². The van der Waals surface area contributed by atoms with E-state index in [0.717, 1.165) is 5.56 Å². The van der Waals surface area contributed by atoms with E-state index < -0.39 is 11.8 Å². The van der Waals surface area contributed by atoms with Gasteiger partial charge in [0.15, 0.2) is 0 Å². The summed E-state index contributed by atoms with van der Waals surface area (Å²) in [5.41, 5.74) is 2.26. The molecule has 7 heteroatoms. The average molecular weight is 383 g/mol. The second-order valence-electron chi connectivity index (χ2n) is 6.73. The first kappa shape index (κ1) is 19.5. The number of hydrogen-bond acceptors (Lipinski definition) is 3. The van der Waals surface area contributed by atoms with Gasteiger partial charge in [0, 0.05) is 37.4 Å². The molecule has 0 aromatic heterocycles. The fourth-order valence-electron chi connectivity index (χ4n) is 3.08. The highest BCUT2D eigenvalue weighted by Gasteiger charge is 2.31. The van der Waals surface area contributed by atoms with Gasteiger partial charge < -0.3 is 15.1 Å². The lowest BCUT2D eigenvalue weighted by Crippen LogP contribution is -2.53. The van der Waals surface area contributed by atoms with Crippen molar-refractivity contribution in [3.8, 4) is 0 Å². The largest absolute Gasteiger partial charge is 0.333 e. The molecular weight excluding hydrogens is 361 g/mol. The molecule has 6 nitrogen and oxygen atoms in total. The Kier molecular flexibility index (Phi) is 5.73. The van der Waals surface area contributed by atoms with E-state index >= 15 is 0 Å². The molecule has 1 N–H and O–H groups in total. The SMILES string of the molecule is CCN1CCN(Cc2ccc(C(=O)Nc3ccc(F)c(C)c3)cc2)C(=O)C1=O. The van der Waals surface area contributed by atoms with Crippen LogP contribution in [0.1, 0.15) is 28.4 Å².